The molecule has 96 valence electrons. The van der Waals surface area contributed by atoms with Gasteiger partial charge < -0.3 is 4.74 Å². The first-order chi connectivity index (χ1) is 9.09. The van der Waals surface area contributed by atoms with Crippen LogP contribution in [0.1, 0.15) is 6.92 Å². The summed E-state index contributed by atoms with van der Waals surface area (Å²) in [6.45, 7) is 5.01. The molecule has 0 bridgehead atoms. The smallest absolute Gasteiger partial charge is 0.338 e. The van der Waals surface area contributed by atoms with Crippen molar-refractivity contribution in [3.05, 3.63) is 66.5 Å². The van der Waals surface area contributed by atoms with E-state index >= 15 is 0 Å². The summed E-state index contributed by atoms with van der Waals surface area (Å²) in [5.74, 6) is -1.28. The second-order valence-electron chi connectivity index (χ2n) is 4.15. The van der Waals surface area contributed by atoms with Crippen molar-refractivity contribution in [1.29, 1.82) is 0 Å². The van der Waals surface area contributed by atoms with Gasteiger partial charge in [-0.15, -0.1) is 0 Å². The van der Waals surface area contributed by atoms with Crippen molar-refractivity contribution >= 4 is 5.97 Å². The lowest BCUT2D eigenvalue weighted by Gasteiger charge is -2.11. The van der Waals surface area contributed by atoms with Gasteiger partial charge in [-0.2, -0.15) is 0 Å². The topological polar surface area (TPSA) is 26.3 Å². The van der Waals surface area contributed by atoms with Crippen LogP contribution in [-0.2, 0) is 4.79 Å². The summed E-state index contributed by atoms with van der Waals surface area (Å²) in [7, 11) is 0. The molecule has 0 radical (unpaired) electrons. The fraction of sp³-hybridized carbons (Fsp3) is 0.0625. The first-order valence-corrected chi connectivity index (χ1v) is 5.81. The second kappa shape index (κ2) is 5.48. The standard InChI is InChI=1S/C16H13FO2/c1-11(2)16(18)19-15-13(9-6-10-14(15)17)12-7-4-3-5-8-12/h3-10H,1H2,2H3. The van der Waals surface area contributed by atoms with E-state index in [4.69, 9.17) is 4.74 Å². The monoisotopic (exact) mass is 256 g/mol. The number of para-hydroxylation sites is 1. The predicted octanol–water partition coefficient (Wildman–Crippen LogP) is 3.97. The molecule has 0 fully saturated rings. The molecule has 0 heterocycles. The Balaban J connectivity index is 2.48. The number of hydrogen-bond donors (Lipinski definition) is 0. The fourth-order valence-corrected chi connectivity index (χ4v) is 1.64. The highest BCUT2D eigenvalue weighted by molar-refractivity contribution is 5.90. The van der Waals surface area contributed by atoms with Gasteiger partial charge in [0, 0.05) is 11.1 Å². The number of benzene rings is 2. The third-order valence-electron chi connectivity index (χ3n) is 2.60. The van der Waals surface area contributed by atoms with Crippen LogP contribution in [0, 0.1) is 5.82 Å². The van der Waals surface area contributed by atoms with Gasteiger partial charge >= 0.3 is 5.97 Å². The first kappa shape index (κ1) is 13.0. The molecular weight excluding hydrogens is 243 g/mol. The molecule has 0 N–H and O–H groups in total. The molecule has 0 spiro atoms. The molecule has 0 aliphatic heterocycles. The first-order valence-electron chi connectivity index (χ1n) is 5.81. The van der Waals surface area contributed by atoms with Crippen LogP contribution in [-0.4, -0.2) is 5.97 Å². The molecule has 0 aliphatic carbocycles. The number of carbonyl (C=O) groups excluding carboxylic acids is 1. The number of hydrogen-bond acceptors (Lipinski definition) is 2. The molecule has 0 saturated carbocycles. The molecule has 0 amide bonds. The van der Waals surface area contributed by atoms with Crippen LogP contribution < -0.4 is 4.74 Å². The van der Waals surface area contributed by atoms with Crippen LogP contribution in [0.4, 0.5) is 4.39 Å². The van der Waals surface area contributed by atoms with Gasteiger partial charge in [0.05, 0.1) is 0 Å². The highest BCUT2D eigenvalue weighted by Crippen LogP contribution is 2.32. The summed E-state index contributed by atoms with van der Waals surface area (Å²) in [6.07, 6.45) is 0. The summed E-state index contributed by atoms with van der Waals surface area (Å²) >= 11 is 0. The number of halogens is 1. The van der Waals surface area contributed by atoms with Crippen LogP contribution in [0.3, 0.4) is 0 Å². The van der Waals surface area contributed by atoms with Crippen molar-refractivity contribution in [3.63, 3.8) is 0 Å². The van der Waals surface area contributed by atoms with Gasteiger partial charge in [0.25, 0.3) is 0 Å². The molecule has 2 aromatic rings. The molecule has 0 saturated heterocycles. The summed E-state index contributed by atoms with van der Waals surface area (Å²) in [6, 6.07) is 13.7. The van der Waals surface area contributed by atoms with E-state index < -0.39 is 11.8 Å². The van der Waals surface area contributed by atoms with E-state index in [-0.39, 0.29) is 11.3 Å². The lowest BCUT2D eigenvalue weighted by Crippen LogP contribution is -2.10. The zero-order valence-corrected chi connectivity index (χ0v) is 10.5. The summed E-state index contributed by atoms with van der Waals surface area (Å²) < 4.78 is 18.9. The van der Waals surface area contributed by atoms with E-state index in [0.717, 1.165) is 5.56 Å². The van der Waals surface area contributed by atoms with Crippen molar-refractivity contribution in [2.45, 2.75) is 6.92 Å². The Labute approximate surface area is 111 Å². The minimum absolute atomic E-state index is 0.0679. The van der Waals surface area contributed by atoms with Crippen molar-refractivity contribution in [2.75, 3.05) is 0 Å². The van der Waals surface area contributed by atoms with Crippen molar-refractivity contribution in [2.24, 2.45) is 0 Å². The minimum Gasteiger partial charge on any atom is -0.419 e. The highest BCUT2D eigenvalue weighted by Gasteiger charge is 2.15. The van der Waals surface area contributed by atoms with E-state index in [1.54, 1.807) is 12.1 Å². The molecule has 19 heavy (non-hydrogen) atoms. The van der Waals surface area contributed by atoms with Gasteiger partial charge in [-0.25, -0.2) is 9.18 Å². The molecule has 0 aromatic heterocycles. The van der Waals surface area contributed by atoms with E-state index in [9.17, 15) is 9.18 Å². The van der Waals surface area contributed by atoms with Crippen LogP contribution in [0.5, 0.6) is 5.75 Å². The largest absolute Gasteiger partial charge is 0.419 e. The van der Waals surface area contributed by atoms with Crippen molar-refractivity contribution < 1.29 is 13.9 Å². The van der Waals surface area contributed by atoms with Crippen LogP contribution >= 0.6 is 0 Å². The zero-order valence-electron chi connectivity index (χ0n) is 10.5. The average molecular weight is 256 g/mol. The lowest BCUT2D eigenvalue weighted by molar-refractivity contribution is -0.130. The normalized spacial score (nSPS) is 10.0. The van der Waals surface area contributed by atoms with Gasteiger partial charge in [-0.05, 0) is 18.6 Å². The highest BCUT2D eigenvalue weighted by atomic mass is 19.1. The zero-order chi connectivity index (χ0) is 13.8. The SMILES string of the molecule is C=C(C)C(=O)Oc1c(F)cccc1-c1ccccc1. The average Bonchev–Trinajstić information content (AvgIpc) is 2.41. The van der Waals surface area contributed by atoms with E-state index in [1.807, 2.05) is 30.3 Å². The number of ether oxygens (including phenoxy) is 1. The lowest BCUT2D eigenvalue weighted by atomic mass is 10.0. The van der Waals surface area contributed by atoms with E-state index in [0.29, 0.717) is 5.56 Å². The van der Waals surface area contributed by atoms with Gasteiger partial charge in [-0.1, -0.05) is 49.0 Å². The van der Waals surface area contributed by atoms with Gasteiger partial charge in [0.2, 0.25) is 0 Å². The summed E-state index contributed by atoms with van der Waals surface area (Å²) in [5, 5.41) is 0. The molecule has 2 aromatic carbocycles. The van der Waals surface area contributed by atoms with Crippen LogP contribution in [0.15, 0.2) is 60.7 Å². The summed E-state index contributed by atoms with van der Waals surface area (Å²) in [5.41, 5.74) is 1.55. The third-order valence-corrected chi connectivity index (χ3v) is 2.60. The maximum Gasteiger partial charge on any atom is 0.338 e. The van der Waals surface area contributed by atoms with Gasteiger partial charge in [-0.3, -0.25) is 0 Å². The van der Waals surface area contributed by atoms with Crippen LogP contribution in [0.2, 0.25) is 0 Å². The molecule has 2 nitrogen and oxygen atoms in total. The molecule has 0 unspecified atom stereocenters. The maximum absolute atomic E-state index is 13.9. The molecule has 0 aliphatic rings. The molecule has 2 rings (SSSR count). The Morgan fingerprint density at radius 1 is 1.11 bits per heavy atom. The quantitative estimate of drug-likeness (QED) is 0.472. The van der Waals surface area contributed by atoms with Crippen molar-refractivity contribution in [3.8, 4) is 16.9 Å². The van der Waals surface area contributed by atoms with Gasteiger partial charge in [0.15, 0.2) is 11.6 Å². The van der Waals surface area contributed by atoms with E-state index in [1.165, 1.54) is 13.0 Å². The Morgan fingerprint density at radius 2 is 1.79 bits per heavy atom. The number of rotatable bonds is 3. The molecular formula is C16H13FO2. The number of carbonyl (C=O) groups is 1. The van der Waals surface area contributed by atoms with Crippen molar-refractivity contribution in [1.82, 2.24) is 0 Å². The minimum atomic E-state index is -0.637. The molecule has 3 heteroatoms. The fourth-order valence-electron chi connectivity index (χ4n) is 1.64. The Bertz CT molecular complexity index is 618. The predicted molar refractivity (Wildman–Crippen MR) is 72.3 cm³/mol. The molecule has 0 atom stereocenters. The Kier molecular flexibility index (Phi) is 3.76. The van der Waals surface area contributed by atoms with Crippen LogP contribution in [0.25, 0.3) is 11.1 Å². The maximum atomic E-state index is 13.9. The Morgan fingerprint density at radius 3 is 2.42 bits per heavy atom. The van der Waals surface area contributed by atoms with E-state index in [2.05, 4.69) is 6.58 Å². The number of esters is 1. The summed E-state index contributed by atoms with van der Waals surface area (Å²) in [4.78, 5) is 11.6. The Hall–Kier alpha value is -2.42. The third kappa shape index (κ3) is 2.88. The second-order valence-corrected chi connectivity index (χ2v) is 4.15. The van der Waals surface area contributed by atoms with Gasteiger partial charge in [0.1, 0.15) is 0 Å².